The normalized spacial score (nSPS) is 19.2. The van der Waals surface area contributed by atoms with Gasteiger partial charge in [0.05, 0.1) is 18.1 Å². The standard InChI is InChI=1S/C27H30N4O2/c1-17(28-2)26(32)30-24-14-13-19-7-3-6-10-25(19)31(27(24)33)16-22-20-8-4-5-9-23(20)29-15-21(22)18-11-12-18/h3-10,15,17-18,24,28H,11-14,16H2,1-2H3,(H,30,32). The van der Waals surface area contributed by atoms with Gasteiger partial charge >= 0.3 is 0 Å². The third kappa shape index (κ3) is 4.23. The van der Waals surface area contributed by atoms with Crippen molar-refractivity contribution < 1.29 is 9.59 Å². The second kappa shape index (κ2) is 8.94. The first-order chi connectivity index (χ1) is 16.1. The number of hydrogen-bond acceptors (Lipinski definition) is 4. The Bertz CT molecular complexity index is 1200. The number of carbonyl (C=O) groups excluding carboxylic acids is 2. The van der Waals surface area contributed by atoms with E-state index in [0.29, 0.717) is 18.9 Å². The lowest BCUT2D eigenvalue weighted by Gasteiger charge is -2.28. The molecule has 1 saturated carbocycles. The zero-order valence-corrected chi connectivity index (χ0v) is 19.2. The number of nitrogens with one attached hydrogen (secondary N) is 2. The van der Waals surface area contributed by atoms with Crippen molar-refractivity contribution in [2.75, 3.05) is 11.9 Å². The first-order valence-corrected chi connectivity index (χ1v) is 11.8. The highest BCUT2D eigenvalue weighted by Gasteiger charge is 2.34. The smallest absolute Gasteiger partial charge is 0.249 e. The summed E-state index contributed by atoms with van der Waals surface area (Å²) in [6, 6.07) is 15.3. The molecule has 1 aromatic heterocycles. The zero-order chi connectivity index (χ0) is 22.9. The summed E-state index contributed by atoms with van der Waals surface area (Å²) in [7, 11) is 1.75. The largest absolute Gasteiger partial charge is 0.343 e. The van der Waals surface area contributed by atoms with Gasteiger partial charge < -0.3 is 15.5 Å². The molecule has 0 saturated heterocycles. The van der Waals surface area contributed by atoms with E-state index in [-0.39, 0.29) is 17.9 Å². The Hall–Kier alpha value is -3.25. The summed E-state index contributed by atoms with van der Waals surface area (Å²) in [6.45, 7) is 2.27. The van der Waals surface area contributed by atoms with Crippen molar-refractivity contribution in [2.45, 2.75) is 57.2 Å². The molecular weight excluding hydrogens is 412 g/mol. The summed E-state index contributed by atoms with van der Waals surface area (Å²) >= 11 is 0. The van der Waals surface area contributed by atoms with Crippen molar-refractivity contribution in [3.05, 3.63) is 71.4 Å². The molecule has 6 nitrogen and oxygen atoms in total. The fraction of sp³-hybridized carbons (Fsp3) is 0.370. The summed E-state index contributed by atoms with van der Waals surface area (Å²) < 4.78 is 0. The molecule has 2 atom stereocenters. The fourth-order valence-electron chi connectivity index (χ4n) is 4.74. The molecule has 2 heterocycles. The summed E-state index contributed by atoms with van der Waals surface area (Å²) in [4.78, 5) is 33.1. The number of nitrogens with zero attached hydrogens (tertiary/aromatic N) is 2. The van der Waals surface area contributed by atoms with E-state index in [1.54, 1.807) is 14.0 Å². The highest BCUT2D eigenvalue weighted by molar-refractivity contribution is 6.01. The molecule has 3 aromatic rings. The topological polar surface area (TPSA) is 74.3 Å². The third-order valence-corrected chi connectivity index (χ3v) is 6.95. The van der Waals surface area contributed by atoms with E-state index in [4.69, 9.17) is 4.98 Å². The molecule has 0 bridgehead atoms. The van der Waals surface area contributed by atoms with Gasteiger partial charge in [-0.2, -0.15) is 0 Å². The van der Waals surface area contributed by atoms with E-state index >= 15 is 0 Å². The Morgan fingerprint density at radius 3 is 2.67 bits per heavy atom. The maximum atomic E-state index is 13.9. The molecule has 1 fully saturated rings. The van der Waals surface area contributed by atoms with Gasteiger partial charge in [0.15, 0.2) is 0 Å². The molecule has 170 valence electrons. The number of benzene rings is 2. The lowest BCUT2D eigenvalue weighted by molar-refractivity contribution is -0.128. The number of amides is 2. The molecular formula is C27H30N4O2. The molecule has 5 rings (SSSR count). The van der Waals surface area contributed by atoms with Crippen molar-refractivity contribution in [1.29, 1.82) is 0 Å². The van der Waals surface area contributed by atoms with E-state index in [1.165, 1.54) is 11.1 Å². The van der Waals surface area contributed by atoms with Crippen molar-refractivity contribution in [3.63, 3.8) is 0 Å². The Kier molecular flexibility index (Phi) is 5.85. The van der Waals surface area contributed by atoms with Gasteiger partial charge in [0.25, 0.3) is 0 Å². The van der Waals surface area contributed by atoms with E-state index in [1.807, 2.05) is 47.5 Å². The maximum absolute atomic E-state index is 13.9. The number of hydrogen-bond donors (Lipinski definition) is 2. The van der Waals surface area contributed by atoms with Crippen LogP contribution in [0.1, 0.15) is 48.8 Å². The van der Waals surface area contributed by atoms with Crippen molar-refractivity contribution in [2.24, 2.45) is 0 Å². The molecule has 1 aliphatic carbocycles. The van der Waals surface area contributed by atoms with Crippen LogP contribution in [-0.2, 0) is 22.6 Å². The number of carbonyl (C=O) groups is 2. The minimum absolute atomic E-state index is 0.0563. The molecule has 6 heteroatoms. The van der Waals surface area contributed by atoms with Crippen molar-refractivity contribution >= 4 is 28.4 Å². The molecule has 33 heavy (non-hydrogen) atoms. The van der Waals surface area contributed by atoms with Crippen LogP contribution in [0.25, 0.3) is 10.9 Å². The van der Waals surface area contributed by atoms with Gasteiger partial charge in [0.1, 0.15) is 6.04 Å². The molecule has 1 aliphatic heterocycles. The van der Waals surface area contributed by atoms with Gasteiger partial charge in [0, 0.05) is 17.3 Å². The zero-order valence-electron chi connectivity index (χ0n) is 19.2. The number of aryl methyl sites for hydroxylation is 1. The summed E-state index contributed by atoms with van der Waals surface area (Å²) in [5, 5.41) is 7.05. The van der Waals surface area contributed by atoms with Crippen LogP contribution in [0.15, 0.2) is 54.7 Å². The number of likely N-dealkylation sites (N-methyl/N-ethyl adjacent to an activating group) is 1. The van der Waals surface area contributed by atoms with Crippen LogP contribution in [-0.4, -0.2) is 35.9 Å². The molecule has 2 aliphatic rings. The first kappa shape index (κ1) is 21.6. The number of aromatic nitrogens is 1. The predicted octanol–water partition coefficient (Wildman–Crippen LogP) is 3.68. The van der Waals surface area contributed by atoms with Gasteiger partial charge in [-0.05, 0) is 74.4 Å². The Balaban J connectivity index is 1.56. The number of pyridine rings is 1. The Morgan fingerprint density at radius 2 is 1.88 bits per heavy atom. The monoisotopic (exact) mass is 442 g/mol. The Morgan fingerprint density at radius 1 is 1.12 bits per heavy atom. The van der Waals surface area contributed by atoms with E-state index in [0.717, 1.165) is 41.4 Å². The molecule has 2 unspecified atom stereocenters. The average Bonchev–Trinajstić information content (AvgIpc) is 3.70. The molecule has 0 radical (unpaired) electrons. The van der Waals surface area contributed by atoms with Crippen LogP contribution in [0.4, 0.5) is 5.69 Å². The highest BCUT2D eigenvalue weighted by atomic mass is 16.2. The number of para-hydroxylation sites is 2. The van der Waals surface area contributed by atoms with Crippen LogP contribution in [0, 0.1) is 0 Å². The van der Waals surface area contributed by atoms with Gasteiger partial charge in [0.2, 0.25) is 11.8 Å². The van der Waals surface area contributed by atoms with Crippen molar-refractivity contribution in [3.8, 4) is 0 Å². The van der Waals surface area contributed by atoms with Gasteiger partial charge in [-0.1, -0.05) is 36.4 Å². The van der Waals surface area contributed by atoms with Crippen LogP contribution < -0.4 is 15.5 Å². The van der Waals surface area contributed by atoms with Gasteiger partial charge in [-0.25, -0.2) is 0 Å². The molecule has 0 spiro atoms. The number of fused-ring (bicyclic) bond motifs is 2. The minimum Gasteiger partial charge on any atom is -0.343 e. The summed E-state index contributed by atoms with van der Waals surface area (Å²) in [6.07, 6.45) is 5.65. The first-order valence-electron chi connectivity index (χ1n) is 11.8. The number of anilines is 1. The predicted molar refractivity (Wildman–Crippen MR) is 130 cm³/mol. The van der Waals surface area contributed by atoms with Crippen LogP contribution in [0.3, 0.4) is 0 Å². The van der Waals surface area contributed by atoms with Crippen LogP contribution in [0.5, 0.6) is 0 Å². The second-order valence-electron chi connectivity index (χ2n) is 9.15. The third-order valence-electron chi connectivity index (χ3n) is 6.95. The van der Waals surface area contributed by atoms with E-state index in [9.17, 15) is 9.59 Å². The minimum atomic E-state index is -0.557. The molecule has 2 aromatic carbocycles. The van der Waals surface area contributed by atoms with Crippen molar-refractivity contribution in [1.82, 2.24) is 15.6 Å². The fourth-order valence-corrected chi connectivity index (χ4v) is 4.74. The molecule has 2 amide bonds. The SMILES string of the molecule is CNC(C)C(=O)NC1CCc2ccccc2N(Cc2c(C3CC3)cnc3ccccc23)C1=O. The van der Waals surface area contributed by atoms with Gasteiger partial charge in [-0.15, -0.1) is 0 Å². The van der Waals surface area contributed by atoms with E-state index < -0.39 is 6.04 Å². The van der Waals surface area contributed by atoms with E-state index in [2.05, 4.69) is 22.8 Å². The average molecular weight is 443 g/mol. The quantitative estimate of drug-likeness (QED) is 0.611. The van der Waals surface area contributed by atoms with Crippen LogP contribution in [0.2, 0.25) is 0 Å². The van der Waals surface area contributed by atoms with Crippen LogP contribution >= 0.6 is 0 Å². The lowest BCUT2D eigenvalue weighted by Crippen LogP contribution is -2.52. The van der Waals surface area contributed by atoms with Gasteiger partial charge in [-0.3, -0.25) is 14.6 Å². The molecule has 2 N–H and O–H groups in total. The lowest BCUT2D eigenvalue weighted by atomic mass is 9.99. The number of rotatable bonds is 6. The summed E-state index contributed by atoms with van der Waals surface area (Å²) in [5.74, 6) is 0.301. The highest BCUT2D eigenvalue weighted by Crippen LogP contribution is 2.43. The maximum Gasteiger partial charge on any atom is 0.249 e. The second-order valence-corrected chi connectivity index (χ2v) is 9.15. The Labute approximate surface area is 194 Å². The summed E-state index contributed by atoms with van der Waals surface area (Å²) in [5.41, 5.74) is 5.42.